The lowest BCUT2D eigenvalue weighted by Crippen LogP contribution is -2.47. The molecule has 0 aliphatic carbocycles. The number of hydrogen-bond acceptors (Lipinski definition) is 3. The predicted molar refractivity (Wildman–Crippen MR) is 79.7 cm³/mol. The van der Waals surface area contributed by atoms with Crippen LogP contribution in [0.25, 0.3) is 0 Å². The molecule has 1 heterocycles. The zero-order chi connectivity index (χ0) is 13.8. The summed E-state index contributed by atoms with van der Waals surface area (Å²) < 4.78 is 0. The van der Waals surface area contributed by atoms with E-state index in [1.54, 1.807) is 0 Å². The van der Waals surface area contributed by atoms with Gasteiger partial charge in [0.15, 0.2) is 0 Å². The van der Waals surface area contributed by atoms with E-state index in [2.05, 4.69) is 45.0 Å². The molecule has 3 heteroatoms. The van der Waals surface area contributed by atoms with E-state index in [0.29, 0.717) is 17.4 Å². The van der Waals surface area contributed by atoms with E-state index in [4.69, 9.17) is 5.73 Å². The third-order valence-electron chi connectivity index (χ3n) is 4.70. The van der Waals surface area contributed by atoms with E-state index in [1.165, 1.54) is 25.9 Å². The first-order valence-electron chi connectivity index (χ1n) is 7.49. The van der Waals surface area contributed by atoms with Gasteiger partial charge in [-0.25, -0.2) is 0 Å². The van der Waals surface area contributed by atoms with Gasteiger partial charge >= 0.3 is 0 Å². The molecule has 18 heavy (non-hydrogen) atoms. The number of piperidine rings is 1. The van der Waals surface area contributed by atoms with Crippen LogP contribution in [0.2, 0.25) is 0 Å². The monoisotopic (exact) mass is 255 g/mol. The molecule has 0 amide bonds. The molecule has 0 aromatic heterocycles. The lowest BCUT2D eigenvalue weighted by atomic mass is 9.73. The van der Waals surface area contributed by atoms with Crippen molar-refractivity contribution in [3.8, 4) is 0 Å². The van der Waals surface area contributed by atoms with Crippen molar-refractivity contribution in [2.45, 2.75) is 46.6 Å². The Bertz CT molecular complexity index is 230. The smallest absolute Gasteiger partial charge is 0.0213 e. The largest absolute Gasteiger partial charge is 0.329 e. The summed E-state index contributed by atoms with van der Waals surface area (Å²) in [7, 11) is 2.23. The first-order valence-corrected chi connectivity index (χ1v) is 7.49. The minimum Gasteiger partial charge on any atom is -0.329 e. The lowest BCUT2D eigenvalue weighted by Gasteiger charge is -2.41. The molecular weight excluding hydrogens is 222 g/mol. The van der Waals surface area contributed by atoms with Crippen LogP contribution < -0.4 is 11.1 Å². The molecule has 3 N–H and O–H groups in total. The average molecular weight is 255 g/mol. The lowest BCUT2D eigenvalue weighted by molar-refractivity contribution is 0.108. The van der Waals surface area contributed by atoms with Crippen LogP contribution in [0.15, 0.2) is 0 Å². The molecule has 0 aromatic rings. The van der Waals surface area contributed by atoms with Gasteiger partial charge in [0.1, 0.15) is 0 Å². The predicted octanol–water partition coefficient (Wildman–Crippen LogP) is 1.93. The molecule has 1 aliphatic rings. The van der Waals surface area contributed by atoms with Crippen LogP contribution in [-0.4, -0.2) is 44.2 Å². The van der Waals surface area contributed by atoms with Gasteiger partial charge in [-0.3, -0.25) is 0 Å². The highest BCUT2D eigenvalue weighted by Crippen LogP contribution is 2.34. The van der Waals surface area contributed by atoms with Crippen LogP contribution in [0.1, 0.15) is 40.5 Å². The summed E-state index contributed by atoms with van der Waals surface area (Å²) in [6.07, 6.45) is 2.67. The molecule has 1 rings (SSSR count). The Balaban J connectivity index is 2.43. The SMILES string of the molecule is CC(C)C(CN)NCC(C)(C)C1CCN(C)CC1. The first-order chi connectivity index (χ1) is 8.36. The molecule has 1 fully saturated rings. The van der Waals surface area contributed by atoms with Crippen molar-refractivity contribution in [3.63, 3.8) is 0 Å². The van der Waals surface area contributed by atoms with Gasteiger partial charge in [-0.15, -0.1) is 0 Å². The molecule has 3 nitrogen and oxygen atoms in total. The van der Waals surface area contributed by atoms with Gasteiger partial charge in [0.2, 0.25) is 0 Å². The number of rotatable bonds is 6. The van der Waals surface area contributed by atoms with Crippen molar-refractivity contribution in [2.24, 2.45) is 23.0 Å². The number of likely N-dealkylation sites (tertiary alicyclic amines) is 1. The van der Waals surface area contributed by atoms with Crippen molar-refractivity contribution in [3.05, 3.63) is 0 Å². The van der Waals surface area contributed by atoms with Gasteiger partial charge in [-0.1, -0.05) is 27.7 Å². The van der Waals surface area contributed by atoms with Crippen LogP contribution in [0.4, 0.5) is 0 Å². The van der Waals surface area contributed by atoms with Gasteiger partial charge < -0.3 is 16.0 Å². The van der Waals surface area contributed by atoms with Gasteiger partial charge in [-0.2, -0.15) is 0 Å². The van der Waals surface area contributed by atoms with Crippen molar-refractivity contribution in [1.29, 1.82) is 0 Å². The van der Waals surface area contributed by atoms with Gasteiger partial charge in [-0.05, 0) is 50.2 Å². The van der Waals surface area contributed by atoms with Crippen LogP contribution in [-0.2, 0) is 0 Å². The number of hydrogen-bond donors (Lipinski definition) is 2. The summed E-state index contributed by atoms with van der Waals surface area (Å²) in [5.41, 5.74) is 6.21. The highest BCUT2D eigenvalue weighted by molar-refractivity contribution is 4.86. The molecule has 0 spiro atoms. The molecule has 1 unspecified atom stereocenters. The zero-order valence-electron chi connectivity index (χ0n) is 13.0. The standard InChI is InChI=1S/C15H33N3/c1-12(2)14(10-16)17-11-15(3,4)13-6-8-18(5)9-7-13/h12-14,17H,6-11,16H2,1-5H3. The normalized spacial score (nSPS) is 21.5. The summed E-state index contributed by atoms with van der Waals surface area (Å²) in [5.74, 6) is 1.45. The van der Waals surface area contributed by atoms with E-state index >= 15 is 0 Å². The molecule has 108 valence electrons. The molecule has 1 saturated heterocycles. The maximum Gasteiger partial charge on any atom is 0.0213 e. The van der Waals surface area contributed by atoms with E-state index in [0.717, 1.165) is 19.0 Å². The van der Waals surface area contributed by atoms with Crippen LogP contribution in [0.3, 0.4) is 0 Å². The number of nitrogens with two attached hydrogens (primary N) is 1. The van der Waals surface area contributed by atoms with Crippen molar-refractivity contribution >= 4 is 0 Å². The fraction of sp³-hybridized carbons (Fsp3) is 1.00. The Morgan fingerprint density at radius 2 is 1.83 bits per heavy atom. The molecular formula is C15H33N3. The summed E-state index contributed by atoms with van der Waals surface area (Å²) in [5, 5.41) is 3.68. The highest BCUT2D eigenvalue weighted by Gasteiger charge is 2.32. The summed E-state index contributed by atoms with van der Waals surface area (Å²) in [6.45, 7) is 13.6. The molecule has 0 aromatic carbocycles. The topological polar surface area (TPSA) is 41.3 Å². The third-order valence-corrected chi connectivity index (χ3v) is 4.70. The molecule has 0 saturated carbocycles. The van der Waals surface area contributed by atoms with E-state index in [-0.39, 0.29) is 0 Å². The molecule has 1 atom stereocenters. The van der Waals surface area contributed by atoms with E-state index in [9.17, 15) is 0 Å². The minimum atomic E-state index is 0.379. The summed E-state index contributed by atoms with van der Waals surface area (Å²) in [6, 6.07) is 0.454. The summed E-state index contributed by atoms with van der Waals surface area (Å²) in [4.78, 5) is 2.44. The van der Waals surface area contributed by atoms with Gasteiger partial charge in [0.25, 0.3) is 0 Å². The minimum absolute atomic E-state index is 0.379. The second-order valence-corrected chi connectivity index (χ2v) is 7.03. The van der Waals surface area contributed by atoms with Crippen molar-refractivity contribution in [1.82, 2.24) is 10.2 Å². The second-order valence-electron chi connectivity index (χ2n) is 7.03. The Kier molecular flexibility index (Phi) is 6.09. The number of nitrogens with one attached hydrogen (secondary N) is 1. The van der Waals surface area contributed by atoms with Crippen molar-refractivity contribution in [2.75, 3.05) is 33.2 Å². The zero-order valence-corrected chi connectivity index (χ0v) is 13.0. The van der Waals surface area contributed by atoms with Crippen LogP contribution in [0.5, 0.6) is 0 Å². The third kappa shape index (κ3) is 4.52. The Morgan fingerprint density at radius 1 is 1.28 bits per heavy atom. The fourth-order valence-corrected chi connectivity index (χ4v) is 2.92. The second kappa shape index (κ2) is 6.88. The Morgan fingerprint density at radius 3 is 2.28 bits per heavy atom. The van der Waals surface area contributed by atoms with Crippen LogP contribution >= 0.6 is 0 Å². The van der Waals surface area contributed by atoms with E-state index < -0.39 is 0 Å². The fourth-order valence-electron chi connectivity index (χ4n) is 2.92. The maximum atomic E-state index is 5.83. The molecule has 0 bridgehead atoms. The highest BCUT2D eigenvalue weighted by atomic mass is 15.1. The van der Waals surface area contributed by atoms with Crippen LogP contribution in [0, 0.1) is 17.3 Å². The summed E-state index contributed by atoms with van der Waals surface area (Å²) >= 11 is 0. The molecule has 1 aliphatic heterocycles. The quantitative estimate of drug-likeness (QED) is 0.762. The first kappa shape index (κ1) is 15.9. The van der Waals surface area contributed by atoms with E-state index in [1.807, 2.05) is 0 Å². The number of nitrogens with zero attached hydrogens (tertiary/aromatic N) is 1. The Hall–Kier alpha value is -0.120. The molecule has 0 radical (unpaired) electrons. The van der Waals surface area contributed by atoms with Crippen molar-refractivity contribution < 1.29 is 0 Å². The van der Waals surface area contributed by atoms with Gasteiger partial charge in [0, 0.05) is 19.1 Å². The Labute approximate surface area is 113 Å². The maximum absolute atomic E-state index is 5.83. The average Bonchev–Trinajstić information content (AvgIpc) is 2.29. The van der Waals surface area contributed by atoms with Gasteiger partial charge in [0.05, 0.1) is 0 Å².